The zero-order valence-corrected chi connectivity index (χ0v) is 19.1. The van der Waals surface area contributed by atoms with E-state index in [4.69, 9.17) is 9.47 Å². The molecule has 7 nitrogen and oxygen atoms in total. The second-order valence-electron chi connectivity index (χ2n) is 7.02. The highest BCUT2D eigenvalue weighted by Crippen LogP contribution is 2.26. The van der Waals surface area contributed by atoms with Crippen LogP contribution in [0.3, 0.4) is 0 Å². The first kappa shape index (κ1) is 24.1. The van der Waals surface area contributed by atoms with Gasteiger partial charge in [-0.05, 0) is 73.2 Å². The Morgan fingerprint density at radius 2 is 1.70 bits per heavy atom. The number of halogens is 1. The molecule has 0 aliphatic rings. The summed E-state index contributed by atoms with van der Waals surface area (Å²) in [7, 11) is -2.59. The van der Waals surface area contributed by atoms with Crippen molar-refractivity contribution < 1.29 is 27.1 Å². The molecule has 174 valence electrons. The molecule has 0 radical (unpaired) electrons. The molecule has 3 rings (SSSR count). The Labute approximate surface area is 192 Å². The maximum Gasteiger partial charge on any atom is 0.264 e. The minimum absolute atomic E-state index is 0.126. The van der Waals surface area contributed by atoms with Gasteiger partial charge < -0.3 is 14.8 Å². The van der Waals surface area contributed by atoms with Crippen LogP contribution in [0.4, 0.5) is 10.1 Å². The number of carbonyl (C=O) groups is 1. The van der Waals surface area contributed by atoms with Gasteiger partial charge in [0.1, 0.15) is 23.9 Å². The lowest BCUT2D eigenvalue weighted by molar-refractivity contribution is -0.119. The van der Waals surface area contributed by atoms with Gasteiger partial charge in [-0.2, -0.15) is 0 Å². The molecule has 0 aliphatic heterocycles. The first-order valence-corrected chi connectivity index (χ1v) is 11.7. The topological polar surface area (TPSA) is 84.9 Å². The van der Waals surface area contributed by atoms with E-state index >= 15 is 0 Å². The zero-order chi connectivity index (χ0) is 23.8. The fraction of sp³-hybridized carbons (Fsp3) is 0.208. The van der Waals surface area contributed by atoms with E-state index in [-0.39, 0.29) is 17.1 Å². The molecule has 0 saturated carbocycles. The van der Waals surface area contributed by atoms with Crippen molar-refractivity contribution in [2.24, 2.45) is 0 Å². The third kappa shape index (κ3) is 6.23. The van der Waals surface area contributed by atoms with E-state index < -0.39 is 28.3 Å². The van der Waals surface area contributed by atoms with Gasteiger partial charge >= 0.3 is 0 Å². The van der Waals surface area contributed by atoms with Crippen molar-refractivity contribution in [3.05, 3.63) is 84.2 Å². The van der Waals surface area contributed by atoms with E-state index in [1.165, 1.54) is 12.1 Å². The van der Waals surface area contributed by atoms with Crippen molar-refractivity contribution in [1.29, 1.82) is 0 Å². The average Bonchev–Trinajstić information content (AvgIpc) is 2.82. The van der Waals surface area contributed by atoms with Crippen molar-refractivity contribution in [3.63, 3.8) is 0 Å². The second kappa shape index (κ2) is 10.8. The van der Waals surface area contributed by atoms with Crippen LogP contribution in [0.5, 0.6) is 11.5 Å². The van der Waals surface area contributed by atoms with Crippen LogP contribution in [-0.4, -0.2) is 34.6 Å². The molecule has 33 heavy (non-hydrogen) atoms. The van der Waals surface area contributed by atoms with Crippen LogP contribution in [0.25, 0.3) is 0 Å². The molecule has 0 aliphatic carbocycles. The Morgan fingerprint density at radius 3 is 2.33 bits per heavy atom. The molecule has 0 bridgehead atoms. The Kier molecular flexibility index (Phi) is 7.89. The lowest BCUT2D eigenvalue weighted by Crippen LogP contribution is -2.40. The largest absolute Gasteiger partial charge is 0.497 e. The molecule has 0 heterocycles. The number of rotatable bonds is 10. The van der Waals surface area contributed by atoms with Gasteiger partial charge in [-0.1, -0.05) is 12.1 Å². The number of nitrogens with one attached hydrogen (secondary N) is 1. The van der Waals surface area contributed by atoms with Crippen molar-refractivity contribution in [1.82, 2.24) is 5.32 Å². The van der Waals surface area contributed by atoms with Crippen molar-refractivity contribution in [2.75, 3.05) is 24.6 Å². The number of benzene rings is 3. The van der Waals surface area contributed by atoms with E-state index in [0.717, 1.165) is 22.0 Å². The Balaban J connectivity index is 1.84. The minimum Gasteiger partial charge on any atom is -0.497 e. The Morgan fingerprint density at radius 1 is 1.00 bits per heavy atom. The summed E-state index contributed by atoms with van der Waals surface area (Å²) in [6.45, 7) is 2.04. The molecular weight excluding hydrogens is 447 g/mol. The third-order valence-corrected chi connectivity index (χ3v) is 6.54. The van der Waals surface area contributed by atoms with Gasteiger partial charge in [-0.25, -0.2) is 12.8 Å². The van der Waals surface area contributed by atoms with E-state index in [0.29, 0.717) is 18.1 Å². The highest BCUT2D eigenvalue weighted by atomic mass is 32.2. The maximum absolute atomic E-state index is 13.3. The first-order valence-electron chi connectivity index (χ1n) is 10.2. The number of hydrogen-bond donors (Lipinski definition) is 1. The van der Waals surface area contributed by atoms with E-state index in [2.05, 4.69) is 5.32 Å². The number of carbonyl (C=O) groups excluding carboxylic acids is 1. The first-order chi connectivity index (χ1) is 15.8. The monoisotopic (exact) mass is 472 g/mol. The molecule has 0 fully saturated rings. The molecule has 0 aromatic heterocycles. The molecule has 0 spiro atoms. The molecule has 1 amide bonds. The lowest BCUT2D eigenvalue weighted by Gasteiger charge is -2.24. The number of sulfonamides is 1. The van der Waals surface area contributed by atoms with Crippen molar-refractivity contribution in [2.45, 2.75) is 18.4 Å². The highest BCUT2D eigenvalue weighted by Gasteiger charge is 2.27. The molecule has 0 unspecified atom stereocenters. The predicted molar refractivity (Wildman–Crippen MR) is 123 cm³/mol. The van der Waals surface area contributed by atoms with Crippen LogP contribution < -0.4 is 19.1 Å². The van der Waals surface area contributed by atoms with Crippen LogP contribution in [0, 0.1) is 5.82 Å². The Bertz CT molecular complexity index is 1180. The van der Waals surface area contributed by atoms with Gasteiger partial charge in [0.25, 0.3) is 10.0 Å². The number of hydrogen-bond acceptors (Lipinski definition) is 5. The summed E-state index contributed by atoms with van der Waals surface area (Å²) in [6.07, 6.45) is 0. The summed E-state index contributed by atoms with van der Waals surface area (Å²) >= 11 is 0. The zero-order valence-electron chi connectivity index (χ0n) is 18.3. The van der Waals surface area contributed by atoms with Crippen LogP contribution in [0.15, 0.2) is 77.7 Å². The summed E-state index contributed by atoms with van der Waals surface area (Å²) < 4.78 is 51.6. The van der Waals surface area contributed by atoms with Gasteiger partial charge in [-0.15, -0.1) is 0 Å². The summed E-state index contributed by atoms with van der Waals surface area (Å²) in [5.41, 5.74) is 1.08. The molecule has 3 aromatic rings. The predicted octanol–water partition coefficient (Wildman–Crippen LogP) is 3.74. The normalized spacial score (nSPS) is 11.0. The number of methoxy groups -OCH3 is 1. The molecule has 1 N–H and O–H groups in total. The standard InChI is InChI=1S/C24H25FN2O5S/c1-3-32-21-11-9-20(10-12-21)27(33(29,30)23-13-7-19(25)8-14-23)17-24(28)26-16-18-5-4-6-22(15-18)31-2/h4-15H,3,16-17H2,1-2H3,(H,26,28). The van der Waals surface area contributed by atoms with Crippen molar-refractivity contribution >= 4 is 21.6 Å². The summed E-state index contributed by atoms with van der Waals surface area (Å²) in [4.78, 5) is 12.6. The van der Waals surface area contributed by atoms with Crippen molar-refractivity contribution in [3.8, 4) is 11.5 Å². The summed E-state index contributed by atoms with van der Waals surface area (Å²) in [5, 5.41) is 2.73. The van der Waals surface area contributed by atoms with Crippen LogP contribution in [-0.2, 0) is 21.4 Å². The molecule has 3 aromatic carbocycles. The molecule has 0 atom stereocenters. The number of nitrogens with zero attached hydrogens (tertiary/aromatic N) is 1. The minimum atomic E-state index is -4.14. The SMILES string of the molecule is CCOc1ccc(N(CC(=O)NCc2cccc(OC)c2)S(=O)(=O)c2ccc(F)cc2)cc1. The van der Waals surface area contributed by atoms with E-state index in [1.54, 1.807) is 49.6 Å². The van der Waals surface area contributed by atoms with E-state index in [1.807, 2.05) is 13.0 Å². The van der Waals surface area contributed by atoms with Crippen LogP contribution in [0.2, 0.25) is 0 Å². The fourth-order valence-corrected chi connectivity index (χ4v) is 4.51. The second-order valence-corrected chi connectivity index (χ2v) is 8.88. The molecule has 0 saturated heterocycles. The molecular formula is C24H25FN2O5S. The smallest absolute Gasteiger partial charge is 0.264 e. The van der Waals surface area contributed by atoms with Gasteiger partial charge in [-0.3, -0.25) is 9.10 Å². The van der Waals surface area contributed by atoms with E-state index in [9.17, 15) is 17.6 Å². The number of amides is 1. The Hall–Kier alpha value is -3.59. The summed E-state index contributed by atoms with van der Waals surface area (Å²) in [6, 6.07) is 18.0. The average molecular weight is 473 g/mol. The third-order valence-electron chi connectivity index (χ3n) is 4.75. The lowest BCUT2D eigenvalue weighted by atomic mass is 10.2. The van der Waals surface area contributed by atoms with Gasteiger partial charge in [0.15, 0.2) is 0 Å². The number of anilines is 1. The molecule has 9 heteroatoms. The highest BCUT2D eigenvalue weighted by molar-refractivity contribution is 7.92. The van der Waals surface area contributed by atoms with Gasteiger partial charge in [0.05, 0.1) is 24.3 Å². The van der Waals surface area contributed by atoms with Gasteiger partial charge in [0.2, 0.25) is 5.91 Å². The summed E-state index contributed by atoms with van der Waals surface area (Å²) in [5.74, 6) is 0.162. The maximum atomic E-state index is 13.3. The van der Waals surface area contributed by atoms with Gasteiger partial charge in [0, 0.05) is 6.54 Å². The van der Waals surface area contributed by atoms with Crippen LogP contribution in [0.1, 0.15) is 12.5 Å². The quantitative estimate of drug-likeness (QED) is 0.486. The van der Waals surface area contributed by atoms with Crippen LogP contribution >= 0.6 is 0 Å². The number of ether oxygens (including phenoxy) is 2. The fourth-order valence-electron chi connectivity index (χ4n) is 3.09.